The molecule has 2 nitrogen and oxygen atoms in total. The minimum atomic E-state index is -0.277. The first-order valence-electron chi connectivity index (χ1n) is 6.79. The van der Waals surface area contributed by atoms with Gasteiger partial charge in [-0.15, -0.1) is 0 Å². The fourth-order valence-corrected chi connectivity index (χ4v) is 2.04. The van der Waals surface area contributed by atoms with E-state index in [0.717, 1.165) is 31.5 Å². The lowest BCUT2D eigenvalue weighted by Gasteiger charge is -2.31. The summed E-state index contributed by atoms with van der Waals surface area (Å²) >= 11 is 0. The van der Waals surface area contributed by atoms with Gasteiger partial charge in [0.25, 0.3) is 0 Å². The van der Waals surface area contributed by atoms with Gasteiger partial charge >= 0.3 is 0 Å². The van der Waals surface area contributed by atoms with Gasteiger partial charge in [-0.3, -0.25) is 0 Å². The van der Waals surface area contributed by atoms with Gasteiger partial charge in [0.05, 0.1) is 6.61 Å². The van der Waals surface area contributed by atoms with Gasteiger partial charge in [0.15, 0.2) is 0 Å². The van der Waals surface area contributed by atoms with E-state index in [1.54, 1.807) is 6.07 Å². The predicted octanol–water partition coefficient (Wildman–Crippen LogP) is 3.72. The first-order chi connectivity index (χ1) is 8.62. The molecular formula is C15H24FNO. The number of halogens is 1. The topological polar surface area (TPSA) is 23.5 Å². The minimum absolute atomic E-state index is 0.118. The first kappa shape index (κ1) is 15.0. The quantitative estimate of drug-likeness (QED) is 0.800. The summed E-state index contributed by atoms with van der Waals surface area (Å²) in [6, 6.07) is 5.20. The smallest absolute Gasteiger partial charge is 0.125 e. The number of nitrogens with zero attached hydrogens (tertiary/aromatic N) is 1. The Morgan fingerprint density at radius 2 is 2.00 bits per heavy atom. The van der Waals surface area contributed by atoms with Gasteiger partial charge in [-0.2, -0.15) is 0 Å². The van der Waals surface area contributed by atoms with E-state index in [1.807, 2.05) is 6.07 Å². The Morgan fingerprint density at radius 1 is 1.28 bits per heavy atom. The van der Waals surface area contributed by atoms with Crippen molar-refractivity contribution in [3.63, 3.8) is 0 Å². The number of rotatable bonds is 7. The molecular weight excluding hydrogens is 229 g/mol. The van der Waals surface area contributed by atoms with Crippen molar-refractivity contribution in [3.05, 3.63) is 29.6 Å². The second-order valence-corrected chi connectivity index (χ2v) is 4.78. The summed E-state index contributed by atoms with van der Waals surface area (Å²) in [6.45, 7) is 7.25. The number of anilines is 1. The number of aliphatic hydroxyl groups excluding tert-OH is 1. The number of hydrogen-bond acceptors (Lipinski definition) is 2. The van der Waals surface area contributed by atoms with Crippen LogP contribution in [0.1, 0.15) is 45.6 Å². The summed E-state index contributed by atoms with van der Waals surface area (Å²) in [6.07, 6.45) is 3.24. The summed E-state index contributed by atoms with van der Waals surface area (Å²) in [7, 11) is 0. The zero-order chi connectivity index (χ0) is 13.5. The molecule has 0 fully saturated rings. The molecule has 3 heteroatoms. The van der Waals surface area contributed by atoms with E-state index in [1.165, 1.54) is 6.07 Å². The molecule has 1 aromatic rings. The normalized spacial score (nSPS) is 12.5. The van der Waals surface area contributed by atoms with Crippen molar-refractivity contribution in [1.29, 1.82) is 0 Å². The molecule has 0 saturated heterocycles. The van der Waals surface area contributed by atoms with Gasteiger partial charge in [0.1, 0.15) is 5.82 Å². The van der Waals surface area contributed by atoms with Gasteiger partial charge in [0, 0.05) is 18.3 Å². The van der Waals surface area contributed by atoms with E-state index >= 15 is 0 Å². The van der Waals surface area contributed by atoms with E-state index in [4.69, 9.17) is 5.11 Å². The fraction of sp³-hybridized carbons (Fsp3) is 0.600. The Kier molecular flexibility index (Phi) is 6.13. The van der Waals surface area contributed by atoms with Crippen LogP contribution in [0.15, 0.2) is 18.2 Å². The highest BCUT2D eigenvalue weighted by molar-refractivity contribution is 5.49. The van der Waals surface area contributed by atoms with E-state index < -0.39 is 0 Å². The summed E-state index contributed by atoms with van der Waals surface area (Å²) in [5.74, 6) is -0.277. The zero-order valence-electron chi connectivity index (χ0n) is 11.6. The van der Waals surface area contributed by atoms with Gasteiger partial charge in [-0.1, -0.05) is 20.3 Å². The molecule has 0 saturated carbocycles. The SMILES string of the molecule is CCCCN(c1cc(F)cc(CO)c1)C(C)CC. The third-order valence-electron chi connectivity index (χ3n) is 3.33. The molecule has 0 aliphatic rings. The third-order valence-corrected chi connectivity index (χ3v) is 3.33. The summed E-state index contributed by atoms with van der Waals surface area (Å²) in [4.78, 5) is 2.23. The van der Waals surface area contributed by atoms with E-state index in [9.17, 15) is 4.39 Å². The van der Waals surface area contributed by atoms with Crippen LogP contribution < -0.4 is 4.90 Å². The number of aliphatic hydroxyl groups is 1. The van der Waals surface area contributed by atoms with Gasteiger partial charge in [-0.05, 0) is 43.5 Å². The molecule has 1 N–H and O–H groups in total. The third kappa shape index (κ3) is 3.98. The molecule has 0 heterocycles. The summed E-state index contributed by atoms with van der Waals surface area (Å²) < 4.78 is 13.5. The van der Waals surface area contributed by atoms with Crippen LogP contribution >= 0.6 is 0 Å². The highest BCUT2D eigenvalue weighted by Gasteiger charge is 2.14. The molecule has 1 unspecified atom stereocenters. The Balaban J connectivity index is 2.99. The maximum absolute atomic E-state index is 13.5. The Labute approximate surface area is 109 Å². The monoisotopic (exact) mass is 253 g/mol. The lowest BCUT2D eigenvalue weighted by molar-refractivity contribution is 0.281. The van der Waals surface area contributed by atoms with Crippen LogP contribution in [0.5, 0.6) is 0 Å². The number of hydrogen-bond donors (Lipinski definition) is 1. The van der Waals surface area contributed by atoms with Gasteiger partial charge in [-0.25, -0.2) is 4.39 Å². The standard InChI is InChI=1S/C15H24FNO/c1-4-6-7-17(12(3)5-2)15-9-13(11-18)8-14(16)10-15/h8-10,12,18H,4-7,11H2,1-3H3. The van der Waals surface area contributed by atoms with Crippen molar-refractivity contribution in [2.75, 3.05) is 11.4 Å². The molecule has 0 bridgehead atoms. The summed E-state index contributed by atoms with van der Waals surface area (Å²) in [5, 5.41) is 9.15. The predicted molar refractivity (Wildman–Crippen MR) is 74.3 cm³/mol. The van der Waals surface area contributed by atoms with Crippen LogP contribution in [0.3, 0.4) is 0 Å². The van der Waals surface area contributed by atoms with Crippen molar-refractivity contribution < 1.29 is 9.50 Å². The maximum Gasteiger partial charge on any atom is 0.125 e. The lowest BCUT2D eigenvalue weighted by Crippen LogP contribution is -2.33. The molecule has 1 atom stereocenters. The Hall–Kier alpha value is -1.09. The highest BCUT2D eigenvalue weighted by atomic mass is 19.1. The maximum atomic E-state index is 13.5. The molecule has 0 aromatic heterocycles. The lowest BCUT2D eigenvalue weighted by atomic mass is 10.1. The second-order valence-electron chi connectivity index (χ2n) is 4.78. The van der Waals surface area contributed by atoms with Crippen molar-refractivity contribution >= 4 is 5.69 Å². The van der Waals surface area contributed by atoms with Crippen LogP contribution in [-0.4, -0.2) is 17.7 Å². The van der Waals surface area contributed by atoms with Gasteiger partial charge in [0.2, 0.25) is 0 Å². The molecule has 18 heavy (non-hydrogen) atoms. The highest BCUT2D eigenvalue weighted by Crippen LogP contribution is 2.22. The van der Waals surface area contributed by atoms with Crippen LogP contribution in [0.4, 0.5) is 10.1 Å². The van der Waals surface area contributed by atoms with Crippen molar-refractivity contribution in [3.8, 4) is 0 Å². The molecule has 0 radical (unpaired) electrons. The molecule has 0 amide bonds. The number of benzene rings is 1. The van der Waals surface area contributed by atoms with Crippen LogP contribution in [0, 0.1) is 5.82 Å². The zero-order valence-corrected chi connectivity index (χ0v) is 11.6. The van der Waals surface area contributed by atoms with E-state index in [-0.39, 0.29) is 12.4 Å². The van der Waals surface area contributed by atoms with Gasteiger partial charge < -0.3 is 10.0 Å². The minimum Gasteiger partial charge on any atom is -0.392 e. The van der Waals surface area contributed by atoms with E-state index in [2.05, 4.69) is 25.7 Å². The Bertz CT molecular complexity index is 368. The molecule has 1 rings (SSSR count). The van der Waals surface area contributed by atoms with Crippen LogP contribution in [-0.2, 0) is 6.61 Å². The molecule has 0 aliphatic carbocycles. The summed E-state index contributed by atoms with van der Waals surface area (Å²) in [5.41, 5.74) is 1.51. The average Bonchev–Trinajstić information content (AvgIpc) is 2.38. The van der Waals surface area contributed by atoms with Crippen LogP contribution in [0.2, 0.25) is 0 Å². The molecule has 0 aliphatic heterocycles. The number of unbranched alkanes of at least 4 members (excludes halogenated alkanes) is 1. The molecule has 1 aromatic carbocycles. The average molecular weight is 253 g/mol. The van der Waals surface area contributed by atoms with Crippen molar-refractivity contribution in [2.24, 2.45) is 0 Å². The molecule has 0 spiro atoms. The largest absolute Gasteiger partial charge is 0.392 e. The first-order valence-corrected chi connectivity index (χ1v) is 6.79. The fourth-order valence-electron chi connectivity index (χ4n) is 2.04. The molecule has 102 valence electrons. The van der Waals surface area contributed by atoms with Crippen LogP contribution in [0.25, 0.3) is 0 Å². The van der Waals surface area contributed by atoms with Crippen molar-refractivity contribution in [1.82, 2.24) is 0 Å². The van der Waals surface area contributed by atoms with E-state index in [0.29, 0.717) is 11.6 Å². The Morgan fingerprint density at radius 3 is 2.56 bits per heavy atom. The second kappa shape index (κ2) is 7.37. The van der Waals surface area contributed by atoms with Crippen molar-refractivity contribution in [2.45, 2.75) is 52.7 Å².